The third kappa shape index (κ3) is 4.10. The normalized spacial score (nSPS) is 28.9. The number of unbranched alkanes of at least 4 members (excludes halogenated alkanes) is 1. The predicted octanol–water partition coefficient (Wildman–Crippen LogP) is 0.788. The largest absolute Gasteiger partial charge is 0.480 e. The summed E-state index contributed by atoms with van der Waals surface area (Å²) in [6.45, 7) is -0.177. The van der Waals surface area contributed by atoms with Gasteiger partial charge in [-0.15, -0.1) is 0 Å². The maximum Gasteiger partial charge on any atom is 0.323 e. The molecule has 128 valence electrons. The highest BCUT2D eigenvalue weighted by molar-refractivity contribution is 8.00. The second kappa shape index (κ2) is 6.98. The zero-order chi connectivity index (χ0) is 16.4. The molecule has 0 unspecified atom stereocenters. The van der Waals surface area contributed by atoms with E-state index in [2.05, 4.69) is 10.6 Å². The van der Waals surface area contributed by atoms with Gasteiger partial charge in [0, 0.05) is 23.5 Å². The van der Waals surface area contributed by atoms with Crippen molar-refractivity contribution in [1.82, 2.24) is 15.5 Å². The van der Waals surface area contributed by atoms with Crippen LogP contribution >= 0.6 is 11.8 Å². The van der Waals surface area contributed by atoms with E-state index in [-0.39, 0.29) is 36.6 Å². The van der Waals surface area contributed by atoms with Crippen LogP contribution in [0.2, 0.25) is 0 Å². The van der Waals surface area contributed by atoms with Gasteiger partial charge in [0.1, 0.15) is 6.54 Å². The fraction of sp³-hybridized carbons (Fsp3) is 0.800. The first kappa shape index (κ1) is 16.4. The second-order valence-corrected chi connectivity index (χ2v) is 7.79. The van der Waals surface area contributed by atoms with Crippen LogP contribution in [0.15, 0.2) is 0 Å². The van der Waals surface area contributed by atoms with Gasteiger partial charge in [0.15, 0.2) is 0 Å². The number of nitrogens with zero attached hydrogens (tertiary/aromatic N) is 1. The SMILES string of the molecule is O=C(O)CN(C(=O)CCCC[C@@H]1SC[C@@H]2NC(=O)N[C@@H]21)C1CC1. The van der Waals surface area contributed by atoms with Crippen molar-refractivity contribution in [2.45, 2.75) is 61.9 Å². The number of hydrogen-bond acceptors (Lipinski definition) is 4. The molecule has 3 N–H and O–H groups in total. The van der Waals surface area contributed by atoms with Gasteiger partial charge in [0.05, 0.1) is 12.1 Å². The minimum absolute atomic E-state index is 0.0392. The lowest BCUT2D eigenvalue weighted by atomic mass is 10.0. The van der Waals surface area contributed by atoms with Crippen molar-refractivity contribution in [3.63, 3.8) is 0 Å². The van der Waals surface area contributed by atoms with E-state index in [0.29, 0.717) is 11.7 Å². The van der Waals surface area contributed by atoms with E-state index < -0.39 is 5.97 Å². The van der Waals surface area contributed by atoms with Crippen LogP contribution in [0.5, 0.6) is 0 Å². The highest BCUT2D eigenvalue weighted by Gasteiger charge is 2.42. The number of rotatable bonds is 8. The van der Waals surface area contributed by atoms with E-state index in [1.165, 1.54) is 4.90 Å². The smallest absolute Gasteiger partial charge is 0.323 e. The quantitative estimate of drug-likeness (QED) is 0.448. The number of hydrogen-bond donors (Lipinski definition) is 3. The summed E-state index contributed by atoms with van der Waals surface area (Å²) in [5.41, 5.74) is 0. The molecule has 8 heteroatoms. The number of aliphatic carboxylic acids is 1. The average Bonchev–Trinajstić information content (AvgIpc) is 3.17. The summed E-state index contributed by atoms with van der Waals surface area (Å²) in [4.78, 5) is 35.9. The molecule has 7 nitrogen and oxygen atoms in total. The van der Waals surface area contributed by atoms with Crippen molar-refractivity contribution >= 4 is 29.7 Å². The topological polar surface area (TPSA) is 98.7 Å². The highest BCUT2D eigenvalue weighted by Crippen LogP contribution is 2.33. The molecule has 0 aromatic carbocycles. The van der Waals surface area contributed by atoms with Crippen molar-refractivity contribution < 1.29 is 19.5 Å². The number of amides is 3. The lowest BCUT2D eigenvalue weighted by molar-refractivity contribution is -0.145. The summed E-state index contributed by atoms with van der Waals surface area (Å²) in [5, 5.41) is 15.2. The van der Waals surface area contributed by atoms with Crippen molar-refractivity contribution in [3.05, 3.63) is 0 Å². The molecular formula is C15H23N3O4S. The molecule has 3 atom stereocenters. The van der Waals surface area contributed by atoms with Crippen molar-refractivity contribution in [2.24, 2.45) is 0 Å². The summed E-state index contributed by atoms with van der Waals surface area (Å²) in [6.07, 6.45) is 4.94. The second-order valence-electron chi connectivity index (χ2n) is 6.51. The summed E-state index contributed by atoms with van der Waals surface area (Å²) in [6, 6.07) is 0.511. The number of carbonyl (C=O) groups excluding carboxylic acids is 2. The van der Waals surface area contributed by atoms with Gasteiger partial charge in [-0.1, -0.05) is 6.42 Å². The molecule has 2 saturated heterocycles. The maximum absolute atomic E-state index is 12.2. The predicted molar refractivity (Wildman–Crippen MR) is 86.3 cm³/mol. The van der Waals surface area contributed by atoms with Crippen molar-refractivity contribution in [3.8, 4) is 0 Å². The van der Waals surface area contributed by atoms with Gasteiger partial charge in [0.25, 0.3) is 0 Å². The standard InChI is InChI=1S/C15H23N3O4S/c19-12(18(7-13(20)21)9-5-6-9)4-2-1-3-11-14-10(8-23-11)16-15(22)17-14/h9-11,14H,1-8H2,(H,20,21)(H2,16,17,22)/t10-,11-,14-/m0/s1. The van der Waals surface area contributed by atoms with Crippen LogP contribution in [0.4, 0.5) is 4.79 Å². The van der Waals surface area contributed by atoms with Crippen LogP contribution in [0, 0.1) is 0 Å². The summed E-state index contributed by atoms with van der Waals surface area (Å²) in [5.74, 6) is -0.0352. The van der Waals surface area contributed by atoms with Gasteiger partial charge in [-0.3, -0.25) is 9.59 Å². The van der Waals surface area contributed by atoms with E-state index >= 15 is 0 Å². The molecule has 1 saturated carbocycles. The Morgan fingerprint density at radius 2 is 2.04 bits per heavy atom. The molecule has 2 aliphatic heterocycles. The van der Waals surface area contributed by atoms with Crippen LogP contribution in [0.3, 0.4) is 0 Å². The molecule has 3 amide bonds. The van der Waals surface area contributed by atoms with Crippen molar-refractivity contribution in [1.29, 1.82) is 0 Å². The molecule has 2 heterocycles. The number of carboxylic acid groups (broad SMARTS) is 1. The Balaban J connectivity index is 1.37. The summed E-state index contributed by atoms with van der Waals surface area (Å²) < 4.78 is 0. The average molecular weight is 341 g/mol. The van der Waals surface area contributed by atoms with E-state index in [1.807, 2.05) is 11.8 Å². The molecule has 3 aliphatic rings. The molecule has 3 fully saturated rings. The van der Waals surface area contributed by atoms with E-state index in [1.54, 1.807) is 0 Å². The molecule has 0 aromatic rings. The number of urea groups is 1. The van der Waals surface area contributed by atoms with E-state index in [9.17, 15) is 14.4 Å². The lowest BCUT2D eigenvalue weighted by Crippen LogP contribution is -2.37. The molecule has 0 bridgehead atoms. The Bertz CT molecular complexity index is 497. The first-order valence-electron chi connectivity index (χ1n) is 8.24. The van der Waals surface area contributed by atoms with Crippen molar-refractivity contribution in [2.75, 3.05) is 12.3 Å². The summed E-state index contributed by atoms with van der Waals surface area (Å²) in [7, 11) is 0. The molecule has 3 rings (SSSR count). The Labute approximate surface area is 139 Å². The number of thioether (sulfide) groups is 1. The number of nitrogens with one attached hydrogen (secondary N) is 2. The first-order chi connectivity index (χ1) is 11.0. The lowest BCUT2D eigenvalue weighted by Gasteiger charge is -2.20. The molecule has 0 spiro atoms. The van der Waals surface area contributed by atoms with Crippen LogP contribution < -0.4 is 10.6 Å². The van der Waals surface area contributed by atoms with E-state index in [0.717, 1.165) is 37.9 Å². The van der Waals surface area contributed by atoms with Gasteiger partial charge in [-0.25, -0.2) is 4.79 Å². The zero-order valence-electron chi connectivity index (χ0n) is 13.0. The van der Waals surface area contributed by atoms with Crippen LogP contribution in [0.1, 0.15) is 38.5 Å². The van der Waals surface area contributed by atoms with Crippen LogP contribution in [0.25, 0.3) is 0 Å². The third-order valence-electron chi connectivity index (χ3n) is 4.68. The van der Waals surface area contributed by atoms with Gasteiger partial charge in [0.2, 0.25) is 5.91 Å². The van der Waals surface area contributed by atoms with Gasteiger partial charge in [-0.2, -0.15) is 11.8 Å². The fourth-order valence-corrected chi connectivity index (χ4v) is 4.90. The Kier molecular flexibility index (Phi) is 4.99. The Hall–Kier alpha value is -1.44. The Morgan fingerprint density at radius 1 is 1.26 bits per heavy atom. The molecule has 0 aromatic heterocycles. The van der Waals surface area contributed by atoms with Gasteiger partial charge >= 0.3 is 12.0 Å². The van der Waals surface area contributed by atoms with Gasteiger partial charge in [-0.05, 0) is 25.7 Å². The number of fused-ring (bicyclic) bond motifs is 1. The minimum Gasteiger partial charge on any atom is -0.480 e. The number of carbonyl (C=O) groups is 3. The monoisotopic (exact) mass is 341 g/mol. The molecule has 23 heavy (non-hydrogen) atoms. The zero-order valence-corrected chi connectivity index (χ0v) is 13.8. The molecular weight excluding hydrogens is 318 g/mol. The van der Waals surface area contributed by atoms with E-state index in [4.69, 9.17) is 5.11 Å². The Morgan fingerprint density at radius 3 is 2.74 bits per heavy atom. The maximum atomic E-state index is 12.2. The fourth-order valence-electron chi connectivity index (χ4n) is 3.36. The number of carboxylic acids is 1. The summed E-state index contributed by atoms with van der Waals surface area (Å²) >= 11 is 1.87. The highest BCUT2D eigenvalue weighted by atomic mass is 32.2. The first-order valence-corrected chi connectivity index (χ1v) is 9.29. The van der Waals surface area contributed by atoms with Crippen LogP contribution in [-0.2, 0) is 9.59 Å². The van der Waals surface area contributed by atoms with Gasteiger partial charge < -0.3 is 20.6 Å². The molecule has 1 aliphatic carbocycles. The van der Waals surface area contributed by atoms with Crippen LogP contribution in [-0.4, -0.2) is 63.6 Å². The third-order valence-corrected chi connectivity index (χ3v) is 6.19. The minimum atomic E-state index is -0.942. The molecule has 0 radical (unpaired) electrons.